The van der Waals surface area contributed by atoms with Crippen LogP contribution < -0.4 is 9.47 Å². The second-order valence-corrected chi connectivity index (χ2v) is 5.54. The van der Waals surface area contributed by atoms with Gasteiger partial charge in [-0.15, -0.1) is 0 Å². The Labute approximate surface area is 142 Å². The lowest BCUT2D eigenvalue weighted by atomic mass is 9.84. The Hall–Kier alpha value is -2.94. The van der Waals surface area contributed by atoms with Gasteiger partial charge in [0.2, 0.25) is 0 Å². The number of aromatic hydroxyl groups is 1. The van der Waals surface area contributed by atoms with Crippen LogP contribution in [-0.4, -0.2) is 19.3 Å². The monoisotopic (exact) mass is 320 g/mol. The minimum Gasteiger partial charge on any atom is -0.507 e. The SMILES string of the molecule is COc1ccc([C@@H](c2ccccc2)c2ccc(OC)cc2O)cc1. The predicted molar refractivity (Wildman–Crippen MR) is 95.0 cm³/mol. The summed E-state index contributed by atoms with van der Waals surface area (Å²) in [5.41, 5.74) is 3.04. The molecule has 0 aliphatic heterocycles. The van der Waals surface area contributed by atoms with Crippen molar-refractivity contribution >= 4 is 0 Å². The van der Waals surface area contributed by atoms with Gasteiger partial charge in [-0.25, -0.2) is 0 Å². The number of methoxy groups -OCH3 is 2. The maximum absolute atomic E-state index is 10.5. The van der Waals surface area contributed by atoms with Gasteiger partial charge in [0.15, 0.2) is 0 Å². The highest BCUT2D eigenvalue weighted by Gasteiger charge is 2.20. The van der Waals surface area contributed by atoms with E-state index < -0.39 is 0 Å². The van der Waals surface area contributed by atoms with Crippen LogP contribution in [0.15, 0.2) is 72.8 Å². The van der Waals surface area contributed by atoms with Crippen LogP contribution in [0, 0.1) is 0 Å². The molecular weight excluding hydrogens is 300 g/mol. The zero-order valence-corrected chi connectivity index (χ0v) is 13.8. The number of benzene rings is 3. The Balaban J connectivity index is 2.11. The van der Waals surface area contributed by atoms with Crippen molar-refractivity contribution in [2.45, 2.75) is 5.92 Å². The maximum atomic E-state index is 10.5. The highest BCUT2D eigenvalue weighted by atomic mass is 16.5. The molecule has 0 heterocycles. The van der Waals surface area contributed by atoms with E-state index in [2.05, 4.69) is 12.1 Å². The van der Waals surface area contributed by atoms with Gasteiger partial charge < -0.3 is 14.6 Å². The molecule has 122 valence electrons. The first-order valence-corrected chi connectivity index (χ1v) is 7.78. The van der Waals surface area contributed by atoms with Gasteiger partial charge >= 0.3 is 0 Å². The molecule has 1 atom stereocenters. The fraction of sp³-hybridized carbons (Fsp3) is 0.143. The van der Waals surface area contributed by atoms with E-state index in [0.29, 0.717) is 5.75 Å². The maximum Gasteiger partial charge on any atom is 0.123 e. The van der Waals surface area contributed by atoms with Gasteiger partial charge in [0.25, 0.3) is 0 Å². The summed E-state index contributed by atoms with van der Waals surface area (Å²) in [6, 6.07) is 23.5. The molecule has 0 amide bonds. The minimum absolute atomic E-state index is 0.0667. The van der Waals surface area contributed by atoms with Crippen LogP contribution in [0.2, 0.25) is 0 Å². The van der Waals surface area contributed by atoms with E-state index in [9.17, 15) is 5.11 Å². The first-order valence-electron chi connectivity index (χ1n) is 7.78. The smallest absolute Gasteiger partial charge is 0.123 e. The summed E-state index contributed by atoms with van der Waals surface area (Å²) in [6.07, 6.45) is 0. The molecule has 3 aromatic carbocycles. The van der Waals surface area contributed by atoms with E-state index in [1.165, 1.54) is 0 Å². The van der Waals surface area contributed by atoms with Crippen LogP contribution >= 0.6 is 0 Å². The molecule has 0 unspecified atom stereocenters. The average molecular weight is 320 g/mol. The number of phenolic OH excluding ortho intramolecular Hbond substituents is 1. The summed E-state index contributed by atoms with van der Waals surface area (Å²) in [5, 5.41) is 10.5. The fourth-order valence-corrected chi connectivity index (χ4v) is 2.89. The predicted octanol–water partition coefficient (Wildman–Crippen LogP) is 4.59. The first-order chi connectivity index (χ1) is 11.7. The van der Waals surface area contributed by atoms with Crippen molar-refractivity contribution in [2.24, 2.45) is 0 Å². The van der Waals surface area contributed by atoms with Crippen LogP contribution in [0.3, 0.4) is 0 Å². The van der Waals surface area contributed by atoms with Gasteiger partial charge in [-0.2, -0.15) is 0 Å². The van der Waals surface area contributed by atoms with Crippen molar-refractivity contribution in [2.75, 3.05) is 14.2 Å². The summed E-state index contributed by atoms with van der Waals surface area (Å²) in [5.74, 6) is 1.60. The lowest BCUT2D eigenvalue weighted by Crippen LogP contribution is -2.04. The van der Waals surface area contributed by atoms with Crippen molar-refractivity contribution in [3.05, 3.63) is 89.5 Å². The van der Waals surface area contributed by atoms with Gasteiger partial charge in [-0.3, -0.25) is 0 Å². The van der Waals surface area contributed by atoms with E-state index in [1.54, 1.807) is 20.3 Å². The van der Waals surface area contributed by atoms with E-state index >= 15 is 0 Å². The number of rotatable bonds is 5. The first kappa shape index (κ1) is 15.9. The van der Waals surface area contributed by atoms with Crippen molar-refractivity contribution < 1.29 is 14.6 Å². The second kappa shape index (κ2) is 7.09. The molecule has 0 aromatic heterocycles. The van der Waals surface area contributed by atoms with Gasteiger partial charge in [-0.05, 0) is 29.3 Å². The second-order valence-electron chi connectivity index (χ2n) is 5.54. The largest absolute Gasteiger partial charge is 0.507 e. The van der Waals surface area contributed by atoms with Gasteiger partial charge in [0.1, 0.15) is 17.2 Å². The Kier molecular flexibility index (Phi) is 4.71. The molecule has 0 aliphatic carbocycles. The Bertz CT molecular complexity index is 795. The quantitative estimate of drug-likeness (QED) is 0.699. The van der Waals surface area contributed by atoms with Crippen molar-refractivity contribution in [3.8, 4) is 17.2 Å². The molecule has 3 aromatic rings. The third-order valence-electron chi connectivity index (χ3n) is 4.13. The summed E-state index contributed by atoms with van der Waals surface area (Å²) in [7, 11) is 3.24. The molecule has 1 N–H and O–H groups in total. The highest BCUT2D eigenvalue weighted by molar-refractivity contribution is 5.51. The standard InChI is InChI=1S/C21H20O3/c1-23-17-10-8-16(9-11-17)21(15-6-4-3-5-7-15)19-13-12-18(24-2)14-20(19)22/h3-14,21-22H,1-2H3/t21-/m1/s1. The molecule has 3 rings (SSSR count). The number of ether oxygens (including phenoxy) is 2. The number of phenols is 1. The summed E-state index contributed by atoms with van der Waals surface area (Å²) < 4.78 is 10.4. The van der Waals surface area contributed by atoms with E-state index in [-0.39, 0.29) is 11.7 Å². The minimum atomic E-state index is -0.0667. The Morgan fingerprint density at radius 2 is 1.29 bits per heavy atom. The third-order valence-corrected chi connectivity index (χ3v) is 4.13. The number of hydrogen-bond acceptors (Lipinski definition) is 3. The van der Waals surface area contributed by atoms with Crippen molar-refractivity contribution in [3.63, 3.8) is 0 Å². The Morgan fingerprint density at radius 3 is 1.88 bits per heavy atom. The van der Waals surface area contributed by atoms with Crippen molar-refractivity contribution in [1.82, 2.24) is 0 Å². The molecule has 3 heteroatoms. The zero-order valence-electron chi connectivity index (χ0n) is 13.8. The molecule has 0 saturated carbocycles. The topological polar surface area (TPSA) is 38.7 Å². The van der Waals surface area contributed by atoms with Crippen LogP contribution in [0.25, 0.3) is 0 Å². The normalized spacial score (nSPS) is 11.8. The molecule has 0 spiro atoms. The van der Waals surface area contributed by atoms with Crippen LogP contribution in [0.5, 0.6) is 17.2 Å². The summed E-state index contributed by atoms with van der Waals surface area (Å²) in [6.45, 7) is 0. The van der Waals surface area contributed by atoms with Gasteiger partial charge in [0, 0.05) is 17.5 Å². The molecule has 0 aliphatic rings. The van der Waals surface area contributed by atoms with Gasteiger partial charge in [-0.1, -0.05) is 48.5 Å². The average Bonchev–Trinajstić information content (AvgIpc) is 2.64. The molecule has 0 radical (unpaired) electrons. The van der Waals surface area contributed by atoms with Crippen LogP contribution in [0.4, 0.5) is 0 Å². The molecule has 0 saturated heterocycles. The molecule has 0 fully saturated rings. The molecule has 0 bridgehead atoms. The lowest BCUT2D eigenvalue weighted by Gasteiger charge is -2.20. The number of hydrogen-bond donors (Lipinski definition) is 1. The van der Waals surface area contributed by atoms with Crippen LogP contribution in [-0.2, 0) is 0 Å². The van der Waals surface area contributed by atoms with Crippen molar-refractivity contribution in [1.29, 1.82) is 0 Å². The Morgan fingerprint density at radius 1 is 0.708 bits per heavy atom. The van der Waals surface area contributed by atoms with E-state index in [4.69, 9.17) is 9.47 Å². The molecule has 24 heavy (non-hydrogen) atoms. The van der Waals surface area contributed by atoms with Crippen LogP contribution in [0.1, 0.15) is 22.6 Å². The summed E-state index contributed by atoms with van der Waals surface area (Å²) >= 11 is 0. The van der Waals surface area contributed by atoms with Gasteiger partial charge in [0.05, 0.1) is 14.2 Å². The lowest BCUT2D eigenvalue weighted by molar-refractivity contribution is 0.406. The van der Waals surface area contributed by atoms with E-state index in [0.717, 1.165) is 22.4 Å². The third kappa shape index (κ3) is 3.20. The highest BCUT2D eigenvalue weighted by Crippen LogP contribution is 2.38. The fourth-order valence-electron chi connectivity index (χ4n) is 2.89. The van der Waals surface area contributed by atoms with E-state index in [1.807, 2.05) is 54.6 Å². The summed E-state index contributed by atoms with van der Waals surface area (Å²) in [4.78, 5) is 0. The molecular formula is C21H20O3. The molecule has 3 nitrogen and oxygen atoms in total. The zero-order chi connectivity index (χ0) is 16.9.